The van der Waals surface area contributed by atoms with Crippen molar-refractivity contribution in [1.82, 2.24) is 4.90 Å². The topological polar surface area (TPSA) is 66.8 Å². The first-order chi connectivity index (χ1) is 17.9. The number of hydrogen-bond acceptors (Lipinski definition) is 4. The summed E-state index contributed by atoms with van der Waals surface area (Å²) >= 11 is 0. The van der Waals surface area contributed by atoms with Crippen LogP contribution in [-0.2, 0) is 14.3 Å². The van der Waals surface area contributed by atoms with E-state index in [2.05, 4.69) is 6.92 Å². The molecule has 37 heavy (non-hydrogen) atoms. The Bertz CT molecular complexity index is 1250. The van der Waals surface area contributed by atoms with Crippen molar-refractivity contribution in [2.24, 2.45) is 17.8 Å². The van der Waals surface area contributed by atoms with E-state index in [1.165, 1.54) is 28.2 Å². The number of halogens is 1. The molecule has 2 aliphatic heterocycles. The number of aromatic hydroxyl groups is 1. The Hall–Kier alpha value is -3.25. The molecule has 2 saturated heterocycles. The number of benzene rings is 2. The second kappa shape index (κ2) is 10.6. The molecule has 3 aliphatic rings. The number of hydrogen-bond donors (Lipinski definition) is 1. The summed E-state index contributed by atoms with van der Waals surface area (Å²) in [5, 5.41) is 9.58. The zero-order chi connectivity index (χ0) is 26.1. The summed E-state index contributed by atoms with van der Waals surface area (Å²) in [6.45, 7) is 5.07. The SMILES string of the molecule is CCCN1C(=O)[C@@H]2[C@@H](CC(CC)=C3[C@@H](CC/C(=C/c4ccc(O)c(F)c4)c4ccccc4)OC[C@@H]32)C1=O. The Balaban J connectivity index is 1.41. The average Bonchev–Trinajstić information content (AvgIpc) is 3.43. The maximum absolute atomic E-state index is 14.0. The lowest BCUT2D eigenvalue weighted by atomic mass is 9.69. The molecule has 0 radical (unpaired) electrons. The van der Waals surface area contributed by atoms with Crippen LogP contribution in [0.25, 0.3) is 11.6 Å². The Morgan fingerprint density at radius 1 is 1.11 bits per heavy atom. The first-order valence-electron chi connectivity index (χ1n) is 13.4. The van der Waals surface area contributed by atoms with Gasteiger partial charge >= 0.3 is 0 Å². The van der Waals surface area contributed by atoms with E-state index in [1.807, 2.05) is 43.3 Å². The molecular formula is C31H34FNO4. The summed E-state index contributed by atoms with van der Waals surface area (Å²) < 4.78 is 20.3. The molecule has 6 heteroatoms. The number of carbonyl (C=O) groups is 2. The molecule has 0 aromatic heterocycles. The maximum atomic E-state index is 14.0. The van der Waals surface area contributed by atoms with Crippen molar-refractivity contribution in [1.29, 1.82) is 0 Å². The fourth-order valence-corrected chi connectivity index (χ4v) is 6.37. The number of amides is 2. The second-order valence-electron chi connectivity index (χ2n) is 10.3. The van der Waals surface area contributed by atoms with Crippen molar-refractivity contribution in [3.8, 4) is 5.75 Å². The lowest BCUT2D eigenvalue weighted by molar-refractivity contribution is -0.140. The monoisotopic (exact) mass is 503 g/mol. The summed E-state index contributed by atoms with van der Waals surface area (Å²) in [4.78, 5) is 27.8. The fourth-order valence-electron chi connectivity index (χ4n) is 6.37. The zero-order valence-corrected chi connectivity index (χ0v) is 21.5. The number of fused-ring (bicyclic) bond motifs is 3. The largest absolute Gasteiger partial charge is 0.505 e. The third kappa shape index (κ3) is 4.75. The van der Waals surface area contributed by atoms with Gasteiger partial charge in [-0.3, -0.25) is 14.5 Å². The molecule has 5 rings (SSSR count). The number of carbonyl (C=O) groups excluding carboxylic acids is 2. The van der Waals surface area contributed by atoms with Crippen LogP contribution in [0.15, 0.2) is 59.7 Å². The predicted octanol–water partition coefficient (Wildman–Crippen LogP) is 5.99. The van der Waals surface area contributed by atoms with E-state index in [-0.39, 0.29) is 41.4 Å². The van der Waals surface area contributed by atoms with Crippen LogP contribution in [0.2, 0.25) is 0 Å². The smallest absolute Gasteiger partial charge is 0.233 e. The molecule has 0 bridgehead atoms. The summed E-state index contributed by atoms with van der Waals surface area (Å²) in [5.41, 5.74) is 5.27. The number of nitrogens with zero attached hydrogens (tertiary/aromatic N) is 1. The van der Waals surface area contributed by atoms with Crippen molar-refractivity contribution < 1.29 is 23.8 Å². The van der Waals surface area contributed by atoms with E-state index < -0.39 is 5.82 Å². The minimum atomic E-state index is -0.648. The highest BCUT2D eigenvalue weighted by atomic mass is 19.1. The van der Waals surface area contributed by atoms with Gasteiger partial charge < -0.3 is 9.84 Å². The molecule has 1 N–H and O–H groups in total. The van der Waals surface area contributed by atoms with E-state index in [9.17, 15) is 19.1 Å². The van der Waals surface area contributed by atoms with E-state index in [4.69, 9.17) is 4.74 Å². The highest BCUT2D eigenvalue weighted by Crippen LogP contribution is 2.50. The van der Waals surface area contributed by atoms with Crippen LogP contribution in [0.1, 0.15) is 57.1 Å². The van der Waals surface area contributed by atoms with Gasteiger partial charge in [-0.1, -0.05) is 61.9 Å². The number of phenols is 1. The number of ether oxygens (including phenoxy) is 1. The molecule has 0 spiro atoms. The molecule has 2 aromatic rings. The van der Waals surface area contributed by atoms with Crippen LogP contribution in [0.3, 0.4) is 0 Å². The van der Waals surface area contributed by atoms with Crippen LogP contribution in [0.5, 0.6) is 5.75 Å². The van der Waals surface area contributed by atoms with Gasteiger partial charge in [0.1, 0.15) is 0 Å². The summed E-state index contributed by atoms with van der Waals surface area (Å²) in [6.07, 6.45) is 5.54. The number of imide groups is 1. The molecule has 2 fully saturated rings. The molecule has 1 aliphatic carbocycles. The van der Waals surface area contributed by atoms with E-state index in [0.717, 1.165) is 30.4 Å². The van der Waals surface area contributed by atoms with E-state index in [0.29, 0.717) is 31.6 Å². The van der Waals surface area contributed by atoms with Gasteiger partial charge in [-0.15, -0.1) is 0 Å². The number of allylic oxidation sites excluding steroid dienone is 2. The van der Waals surface area contributed by atoms with Crippen LogP contribution >= 0.6 is 0 Å². The summed E-state index contributed by atoms with van der Waals surface area (Å²) in [7, 11) is 0. The number of phenolic OH excluding ortho intramolecular Hbond substituents is 1. The van der Waals surface area contributed by atoms with Gasteiger partial charge in [-0.2, -0.15) is 0 Å². The van der Waals surface area contributed by atoms with Gasteiger partial charge in [0.05, 0.1) is 24.5 Å². The molecule has 2 aromatic carbocycles. The minimum absolute atomic E-state index is 0.0132. The lowest BCUT2D eigenvalue weighted by Gasteiger charge is -2.31. The molecule has 0 unspecified atom stereocenters. The first-order valence-corrected chi connectivity index (χ1v) is 13.4. The van der Waals surface area contributed by atoms with Crippen molar-refractivity contribution in [3.63, 3.8) is 0 Å². The Morgan fingerprint density at radius 3 is 2.59 bits per heavy atom. The lowest BCUT2D eigenvalue weighted by Crippen LogP contribution is -2.34. The maximum Gasteiger partial charge on any atom is 0.233 e. The van der Waals surface area contributed by atoms with Gasteiger partial charge in [-0.25, -0.2) is 4.39 Å². The molecule has 5 nitrogen and oxygen atoms in total. The van der Waals surface area contributed by atoms with Gasteiger partial charge in [-0.05, 0) is 66.5 Å². The first kappa shape index (κ1) is 25.4. The normalized spacial score (nSPS) is 25.6. The van der Waals surface area contributed by atoms with Gasteiger partial charge in [0.25, 0.3) is 0 Å². The third-order valence-electron chi connectivity index (χ3n) is 8.11. The quantitative estimate of drug-likeness (QED) is 0.273. The Kier molecular flexibility index (Phi) is 7.29. The van der Waals surface area contributed by atoms with Gasteiger partial charge in [0.2, 0.25) is 11.8 Å². The highest BCUT2D eigenvalue weighted by molar-refractivity contribution is 6.06. The number of likely N-dealkylation sites (tertiary alicyclic amines) is 1. The van der Waals surface area contributed by atoms with Gasteiger partial charge in [0, 0.05) is 12.5 Å². The molecule has 4 atom stereocenters. The highest BCUT2D eigenvalue weighted by Gasteiger charge is 2.56. The second-order valence-corrected chi connectivity index (χ2v) is 10.3. The molecular weight excluding hydrogens is 469 g/mol. The molecule has 0 saturated carbocycles. The molecule has 2 heterocycles. The van der Waals surface area contributed by atoms with Crippen molar-refractivity contribution in [2.75, 3.05) is 13.2 Å². The predicted molar refractivity (Wildman–Crippen MR) is 141 cm³/mol. The van der Waals surface area contributed by atoms with Crippen molar-refractivity contribution in [3.05, 3.63) is 76.6 Å². The molecule has 2 amide bonds. The Morgan fingerprint density at radius 2 is 1.89 bits per heavy atom. The fraction of sp³-hybridized carbons (Fsp3) is 0.419. The standard InChI is InChI=1S/C31H34FNO4/c1-3-14-33-30(35)23-17-20(4-2)28-24(29(23)31(33)36)18-37-27(28)13-11-22(21-8-6-5-7-9-21)15-19-10-12-26(34)25(32)16-19/h5-10,12,15-16,23-24,27,29,34H,3-4,11,13-14,17-18H2,1-2H3/b22-15-/t23-,24+,27-,29-/m1/s1. The van der Waals surface area contributed by atoms with Crippen LogP contribution in [0, 0.1) is 23.6 Å². The van der Waals surface area contributed by atoms with Crippen molar-refractivity contribution >= 4 is 23.5 Å². The van der Waals surface area contributed by atoms with Crippen LogP contribution in [-0.4, -0.2) is 41.1 Å². The Labute approximate surface area is 217 Å². The van der Waals surface area contributed by atoms with Gasteiger partial charge in [0.15, 0.2) is 11.6 Å². The number of rotatable bonds is 8. The van der Waals surface area contributed by atoms with E-state index >= 15 is 0 Å². The average molecular weight is 504 g/mol. The van der Waals surface area contributed by atoms with Crippen LogP contribution < -0.4 is 0 Å². The summed E-state index contributed by atoms with van der Waals surface area (Å²) in [5.74, 6) is -1.65. The van der Waals surface area contributed by atoms with E-state index in [1.54, 1.807) is 6.07 Å². The summed E-state index contributed by atoms with van der Waals surface area (Å²) in [6, 6.07) is 14.4. The zero-order valence-electron chi connectivity index (χ0n) is 21.5. The minimum Gasteiger partial charge on any atom is -0.505 e. The van der Waals surface area contributed by atoms with Crippen molar-refractivity contribution in [2.45, 2.75) is 52.1 Å². The third-order valence-corrected chi connectivity index (χ3v) is 8.11. The van der Waals surface area contributed by atoms with Crippen LogP contribution in [0.4, 0.5) is 4.39 Å². The molecule has 194 valence electrons.